The third kappa shape index (κ3) is 3.99. The van der Waals surface area contributed by atoms with Crippen molar-refractivity contribution in [2.24, 2.45) is 0 Å². The van der Waals surface area contributed by atoms with Gasteiger partial charge in [0.15, 0.2) is 0 Å². The van der Waals surface area contributed by atoms with Gasteiger partial charge in [-0.3, -0.25) is 4.79 Å². The number of aliphatic hydroxyl groups is 1. The average molecular weight is 417 g/mol. The summed E-state index contributed by atoms with van der Waals surface area (Å²) in [6.45, 7) is 0.950. The quantitative estimate of drug-likeness (QED) is 0.669. The maximum Gasteiger partial charge on any atom is 0.324 e. The molecule has 0 saturated heterocycles. The van der Waals surface area contributed by atoms with Crippen molar-refractivity contribution in [2.75, 3.05) is 6.61 Å². The maximum absolute atomic E-state index is 12.1. The second-order valence-electron chi connectivity index (χ2n) is 3.73. The summed E-state index contributed by atoms with van der Waals surface area (Å²) < 4.78 is 26.9. The van der Waals surface area contributed by atoms with E-state index in [1.165, 1.54) is 6.07 Å². The highest BCUT2D eigenvalue weighted by molar-refractivity contribution is 9.11. The summed E-state index contributed by atoms with van der Waals surface area (Å²) in [5.41, 5.74) is 0.822. The molecule has 6 nitrogen and oxygen atoms in total. The van der Waals surface area contributed by atoms with Crippen molar-refractivity contribution in [3.8, 4) is 0 Å². The Hall–Kier alpha value is -0.480. The van der Waals surface area contributed by atoms with Crippen molar-refractivity contribution < 1.29 is 23.4 Å². The molecule has 19 heavy (non-hydrogen) atoms. The van der Waals surface area contributed by atoms with E-state index >= 15 is 0 Å². The predicted octanol–water partition coefficient (Wildman–Crippen LogP) is 1.24. The van der Waals surface area contributed by atoms with Gasteiger partial charge in [-0.05, 0) is 40.5 Å². The van der Waals surface area contributed by atoms with Gasteiger partial charge in [0.1, 0.15) is 6.04 Å². The van der Waals surface area contributed by atoms with Crippen LogP contribution < -0.4 is 4.72 Å². The molecule has 0 aliphatic carbocycles. The molecule has 1 rings (SSSR count). The molecular formula is C10H11Br2NO5S. The molecule has 0 radical (unpaired) electrons. The Labute approximate surface area is 127 Å². The number of sulfonamides is 1. The van der Waals surface area contributed by atoms with Gasteiger partial charge in [-0.1, -0.05) is 15.9 Å². The normalized spacial score (nSPS) is 13.3. The topological polar surface area (TPSA) is 104 Å². The molecule has 1 aromatic rings. The summed E-state index contributed by atoms with van der Waals surface area (Å²) in [5, 5.41) is 17.6. The minimum Gasteiger partial charge on any atom is -0.480 e. The van der Waals surface area contributed by atoms with Crippen LogP contribution in [0.1, 0.15) is 5.56 Å². The Kier molecular flexibility index (Phi) is 5.51. The van der Waals surface area contributed by atoms with Crippen LogP contribution in [0.3, 0.4) is 0 Å². The maximum atomic E-state index is 12.1. The Balaban J connectivity index is 3.21. The van der Waals surface area contributed by atoms with Gasteiger partial charge >= 0.3 is 5.97 Å². The number of rotatable bonds is 5. The van der Waals surface area contributed by atoms with E-state index in [9.17, 15) is 13.2 Å². The van der Waals surface area contributed by atoms with Gasteiger partial charge in [-0.15, -0.1) is 0 Å². The highest BCUT2D eigenvalue weighted by atomic mass is 79.9. The molecule has 1 unspecified atom stereocenters. The number of aryl methyl sites for hydroxylation is 1. The van der Waals surface area contributed by atoms with E-state index in [-0.39, 0.29) is 4.90 Å². The van der Waals surface area contributed by atoms with Crippen LogP contribution in [0.5, 0.6) is 0 Å². The molecule has 0 aliphatic heterocycles. The molecule has 1 aromatic carbocycles. The lowest BCUT2D eigenvalue weighted by Crippen LogP contribution is -2.43. The summed E-state index contributed by atoms with van der Waals surface area (Å²) >= 11 is 6.32. The lowest BCUT2D eigenvalue weighted by Gasteiger charge is -2.14. The summed E-state index contributed by atoms with van der Waals surface area (Å²) in [5.74, 6) is -1.45. The number of carboxylic acids is 1. The minimum absolute atomic E-state index is 0.107. The van der Waals surface area contributed by atoms with Crippen LogP contribution >= 0.6 is 31.9 Å². The first-order chi connectivity index (χ1) is 8.69. The second kappa shape index (κ2) is 6.31. The van der Waals surface area contributed by atoms with E-state index in [1.54, 1.807) is 13.0 Å². The van der Waals surface area contributed by atoms with Crippen LogP contribution in [0.25, 0.3) is 0 Å². The van der Waals surface area contributed by atoms with Gasteiger partial charge in [-0.2, -0.15) is 4.72 Å². The summed E-state index contributed by atoms with van der Waals surface area (Å²) in [7, 11) is -4.05. The van der Waals surface area contributed by atoms with Crippen molar-refractivity contribution in [3.05, 3.63) is 26.6 Å². The SMILES string of the molecule is Cc1cc(Br)c(S(=O)(=O)NC(CO)C(=O)O)cc1Br. The monoisotopic (exact) mass is 415 g/mol. The summed E-state index contributed by atoms with van der Waals surface area (Å²) in [6, 6.07) is 1.36. The number of benzene rings is 1. The standard InChI is InChI=1S/C10H11Br2NO5S/c1-5-2-7(12)9(3-6(5)11)19(17,18)13-8(4-14)10(15)16/h2-3,8,13-14H,4H2,1H3,(H,15,16). The average Bonchev–Trinajstić information content (AvgIpc) is 2.30. The van der Waals surface area contributed by atoms with Crippen molar-refractivity contribution in [1.29, 1.82) is 0 Å². The van der Waals surface area contributed by atoms with E-state index < -0.39 is 28.6 Å². The van der Waals surface area contributed by atoms with Crippen LogP contribution in [0, 0.1) is 6.92 Å². The number of carbonyl (C=O) groups is 1. The zero-order valence-electron chi connectivity index (χ0n) is 9.72. The van der Waals surface area contributed by atoms with Gasteiger partial charge in [0, 0.05) is 8.95 Å². The van der Waals surface area contributed by atoms with Crippen LogP contribution in [0.15, 0.2) is 26.0 Å². The smallest absolute Gasteiger partial charge is 0.324 e. The highest BCUT2D eigenvalue weighted by Gasteiger charge is 2.26. The molecule has 3 N–H and O–H groups in total. The van der Waals surface area contributed by atoms with E-state index in [2.05, 4.69) is 31.9 Å². The Morgan fingerprint density at radius 1 is 1.37 bits per heavy atom. The largest absolute Gasteiger partial charge is 0.480 e. The molecule has 0 heterocycles. The Morgan fingerprint density at radius 2 is 1.95 bits per heavy atom. The lowest BCUT2D eigenvalue weighted by atomic mass is 10.2. The molecule has 0 saturated carbocycles. The first-order valence-corrected chi connectivity index (χ1v) is 8.07. The van der Waals surface area contributed by atoms with Gasteiger partial charge in [0.2, 0.25) is 10.0 Å². The Bertz CT molecular complexity index is 602. The van der Waals surface area contributed by atoms with E-state index in [0.717, 1.165) is 5.56 Å². The number of halogens is 2. The molecule has 0 spiro atoms. The van der Waals surface area contributed by atoms with Crippen LogP contribution in [-0.2, 0) is 14.8 Å². The van der Waals surface area contributed by atoms with Crippen LogP contribution in [-0.4, -0.2) is 37.2 Å². The molecule has 1 atom stereocenters. The number of nitrogens with one attached hydrogen (secondary N) is 1. The van der Waals surface area contributed by atoms with E-state index in [4.69, 9.17) is 10.2 Å². The molecule has 9 heteroatoms. The summed E-state index contributed by atoms with van der Waals surface area (Å²) in [6.07, 6.45) is 0. The van der Waals surface area contributed by atoms with E-state index in [1.807, 2.05) is 4.72 Å². The van der Waals surface area contributed by atoms with E-state index in [0.29, 0.717) is 8.95 Å². The lowest BCUT2D eigenvalue weighted by molar-refractivity contribution is -0.139. The van der Waals surface area contributed by atoms with Gasteiger partial charge in [0.05, 0.1) is 11.5 Å². The fourth-order valence-electron chi connectivity index (χ4n) is 1.25. The predicted molar refractivity (Wildman–Crippen MR) is 75.4 cm³/mol. The first-order valence-electron chi connectivity index (χ1n) is 5.00. The van der Waals surface area contributed by atoms with Crippen LogP contribution in [0.4, 0.5) is 0 Å². The first kappa shape index (κ1) is 16.6. The molecule has 0 amide bonds. The third-order valence-corrected chi connectivity index (χ3v) is 5.57. The van der Waals surface area contributed by atoms with Crippen molar-refractivity contribution >= 4 is 47.9 Å². The number of aliphatic carboxylic acids is 1. The fraction of sp³-hybridized carbons (Fsp3) is 0.300. The third-order valence-electron chi connectivity index (χ3n) is 2.28. The van der Waals surface area contributed by atoms with Gasteiger partial charge in [0.25, 0.3) is 0 Å². The number of carboxylic acid groups (broad SMARTS) is 1. The molecule has 0 bridgehead atoms. The molecule has 106 valence electrons. The number of aliphatic hydroxyl groups excluding tert-OH is 1. The molecular weight excluding hydrogens is 406 g/mol. The molecule has 0 aliphatic rings. The minimum atomic E-state index is -4.05. The Morgan fingerprint density at radius 3 is 2.42 bits per heavy atom. The fourth-order valence-corrected chi connectivity index (χ4v) is 4.11. The number of hydrogen-bond donors (Lipinski definition) is 3. The molecule has 0 aromatic heterocycles. The van der Waals surface area contributed by atoms with Gasteiger partial charge in [-0.25, -0.2) is 8.42 Å². The van der Waals surface area contributed by atoms with Crippen molar-refractivity contribution in [2.45, 2.75) is 17.9 Å². The van der Waals surface area contributed by atoms with Crippen LogP contribution in [0.2, 0.25) is 0 Å². The summed E-state index contributed by atoms with van der Waals surface area (Å²) in [4.78, 5) is 10.6. The zero-order chi connectivity index (χ0) is 14.8. The van der Waals surface area contributed by atoms with Crippen molar-refractivity contribution in [3.63, 3.8) is 0 Å². The highest BCUT2D eigenvalue weighted by Crippen LogP contribution is 2.28. The van der Waals surface area contributed by atoms with Gasteiger partial charge < -0.3 is 10.2 Å². The van der Waals surface area contributed by atoms with Crippen molar-refractivity contribution in [1.82, 2.24) is 4.72 Å². The second-order valence-corrected chi connectivity index (χ2v) is 7.12. The number of hydrogen-bond acceptors (Lipinski definition) is 4. The zero-order valence-corrected chi connectivity index (χ0v) is 13.7. The molecule has 0 fully saturated rings.